The summed E-state index contributed by atoms with van der Waals surface area (Å²) in [7, 11) is 0. The van der Waals surface area contributed by atoms with Crippen molar-refractivity contribution in [1.82, 2.24) is 68.3 Å². The molecule has 134 heavy (non-hydrogen) atoms. The molecule has 43 heteroatoms. The summed E-state index contributed by atoms with van der Waals surface area (Å²) in [5.41, 5.74) is 15.5. The zero-order valence-electron chi connectivity index (χ0n) is 82.0. The van der Waals surface area contributed by atoms with E-state index in [1.165, 1.54) is 32.1 Å². The topological polar surface area (TPSA) is 520 Å². The molecule has 8 aliphatic heterocycles. The van der Waals surface area contributed by atoms with Gasteiger partial charge in [-0.3, -0.25) is 55.7 Å². The minimum atomic E-state index is -0.573. The second-order valence-electron chi connectivity index (χ2n) is 37.9. The van der Waals surface area contributed by atoms with Crippen molar-refractivity contribution in [2.45, 2.75) is 303 Å². The Kier molecular flexibility index (Phi) is 58.8. The number of unbranched alkanes of at least 4 members (excludes halogenated alkanes) is 12. The number of carbonyl (C=O) groups excluding carboxylic acids is 7. The lowest BCUT2D eigenvalue weighted by Crippen LogP contribution is -2.81. The number of hydrogen-bond donors (Lipinski definition) is 15. The van der Waals surface area contributed by atoms with Gasteiger partial charge in [-0.05, 0) is 165 Å². The van der Waals surface area contributed by atoms with Crippen LogP contribution in [0, 0.1) is 0 Å². The number of rotatable bonds is 69. The largest absolute Gasteiger partial charge is 0.444 e. The van der Waals surface area contributed by atoms with Crippen LogP contribution in [0.4, 0.5) is 14.4 Å². The molecule has 772 valence electrons. The lowest BCUT2D eigenvalue weighted by molar-refractivity contribution is -0.493. The average molecular weight is 1980 g/mol. The second kappa shape index (κ2) is 67.4. The summed E-state index contributed by atoms with van der Waals surface area (Å²) >= 11 is 7.94. The quantitative estimate of drug-likeness (QED) is 0.0306. The molecule has 20 N–H and O–H groups in total. The van der Waals surface area contributed by atoms with Gasteiger partial charge in [-0.1, -0.05) is 51.4 Å². The van der Waals surface area contributed by atoms with Gasteiger partial charge in [-0.15, -0.1) is 0 Å². The zero-order valence-corrected chi connectivity index (χ0v) is 85.2. The maximum absolute atomic E-state index is 13.0. The van der Waals surface area contributed by atoms with Gasteiger partial charge in [0.2, 0.25) is 35.5 Å². The van der Waals surface area contributed by atoms with Crippen LogP contribution in [0.1, 0.15) is 216 Å². The minimum Gasteiger partial charge on any atom is -0.444 e. The third-order valence-corrected chi connectivity index (χ3v) is 28.6. The first kappa shape index (κ1) is 117. The number of hydrogen-bond acceptors (Lipinski definition) is 34. The summed E-state index contributed by atoms with van der Waals surface area (Å²) < 4.78 is 61.7. The molecule has 0 unspecified atom stereocenters. The van der Waals surface area contributed by atoms with E-state index < -0.39 is 35.1 Å². The van der Waals surface area contributed by atoms with Crippen LogP contribution in [0.2, 0.25) is 0 Å². The van der Waals surface area contributed by atoms with E-state index in [-0.39, 0.29) is 79.5 Å². The summed E-state index contributed by atoms with van der Waals surface area (Å²) in [5, 5.41) is 35.5. The number of carbonyl (C=O) groups is 7. The van der Waals surface area contributed by atoms with Crippen LogP contribution in [0.25, 0.3) is 0 Å². The maximum atomic E-state index is 13.0. The van der Waals surface area contributed by atoms with Crippen molar-refractivity contribution in [3.05, 3.63) is 0 Å². The van der Waals surface area contributed by atoms with Gasteiger partial charge in [-0.25, -0.2) is 29.4 Å². The molecule has 4 fully saturated rings. The Labute approximate surface area is 814 Å². The molecule has 0 radical (unpaired) electrons. The zero-order chi connectivity index (χ0) is 95.7. The number of nitrogens with one attached hydrogen (secondary N) is 12. The highest BCUT2D eigenvalue weighted by Gasteiger charge is 2.46. The Bertz CT molecular complexity index is 3370. The number of guanidine groups is 4. The first-order chi connectivity index (χ1) is 64.0. The average Bonchev–Trinajstić information content (AvgIpc) is 1.67. The van der Waals surface area contributed by atoms with Crippen molar-refractivity contribution in [2.24, 2.45) is 32.2 Å². The number of ether oxygens (including phenoxy) is 11. The van der Waals surface area contributed by atoms with Gasteiger partial charge in [0.05, 0.1) is 115 Å². The van der Waals surface area contributed by atoms with Gasteiger partial charge in [0.15, 0.2) is 5.96 Å². The third-order valence-electron chi connectivity index (χ3n) is 22.7. The fourth-order valence-electron chi connectivity index (χ4n) is 16.1. The monoisotopic (exact) mass is 1980 g/mol. The van der Waals surface area contributed by atoms with Crippen LogP contribution in [0.15, 0.2) is 15.0 Å². The molecule has 39 nitrogen and oxygen atoms in total. The van der Waals surface area contributed by atoms with Crippen LogP contribution in [-0.4, -0.2) is 374 Å². The molecule has 0 aromatic heterocycles. The third kappa shape index (κ3) is 52.4. The predicted molar refractivity (Wildman–Crippen MR) is 532 cm³/mol. The van der Waals surface area contributed by atoms with E-state index >= 15 is 0 Å². The first-order valence-corrected chi connectivity index (χ1v) is 53.5. The molecule has 0 aromatic rings. The Morgan fingerprint density at radius 3 is 1.17 bits per heavy atom. The number of alkyl carbamates (subject to hydrolysis) is 3. The number of amides is 7. The molecule has 4 saturated heterocycles. The lowest BCUT2D eigenvalue weighted by atomic mass is 10.0. The Hall–Kier alpha value is -5.91. The SMILES string of the molecule is CC(C)(C)OC(=O)NCCOCCOCCN(CC(=O)NCCCCOCCCCC[C@@H]1SC[C@@H]2NC(NC(=O)OC(C)(C)C)=N[C@@H]21)CC(=O)NCCCCOCCCCC[C@@H]1SC[C@@H]2N=C(NC(=O)OC(C)(C)C)N[C@@H]21.NCCOCCOCCN(CC(=O)NCCCCOCCCCC[C@@H]1SC[C@@H]2NC(N)=N[C@@H]21)CC(=O)NCCCCOCCCCC[C@@H]1SC[C@@H]2NC(N)=[NH+][C@@H]21.O. The Balaban J connectivity index is 0.000000429. The summed E-state index contributed by atoms with van der Waals surface area (Å²) in [5.74, 6) is 5.92. The lowest BCUT2D eigenvalue weighted by Gasteiger charge is -2.21. The van der Waals surface area contributed by atoms with Gasteiger partial charge in [0.25, 0.3) is 0 Å². The molecular weight excluding hydrogens is 1810 g/mol. The van der Waals surface area contributed by atoms with E-state index in [1.54, 1.807) is 25.7 Å². The number of nitrogens with zero attached hydrogens (tertiary/aromatic N) is 5. The van der Waals surface area contributed by atoms with Crippen LogP contribution < -0.4 is 80.7 Å². The fraction of sp³-hybridized carbons (Fsp3) is 0.879. The van der Waals surface area contributed by atoms with E-state index in [9.17, 15) is 33.6 Å². The smallest absolute Gasteiger partial charge is 0.414 e. The van der Waals surface area contributed by atoms with Crippen LogP contribution in [-0.2, 0) is 71.3 Å². The van der Waals surface area contributed by atoms with Crippen molar-refractivity contribution < 1.29 is 96.1 Å². The summed E-state index contributed by atoms with van der Waals surface area (Å²) in [6.45, 7) is 29.2. The van der Waals surface area contributed by atoms with E-state index in [0.29, 0.717) is 208 Å². The molecule has 12 atom stereocenters. The molecule has 8 aliphatic rings. The molecule has 7 amide bonds. The highest BCUT2D eigenvalue weighted by Crippen LogP contribution is 2.38. The van der Waals surface area contributed by atoms with Crippen LogP contribution in [0.3, 0.4) is 0 Å². The van der Waals surface area contributed by atoms with Crippen molar-refractivity contribution in [2.75, 3.05) is 207 Å². The molecule has 0 bridgehead atoms. The molecule has 0 aromatic carbocycles. The van der Waals surface area contributed by atoms with Crippen LogP contribution in [0.5, 0.6) is 0 Å². The molecule has 0 spiro atoms. The molecular formula is C91H171N20O19S4+. The number of thioether (sulfide) groups is 4. The van der Waals surface area contributed by atoms with Crippen molar-refractivity contribution in [3.63, 3.8) is 0 Å². The molecule has 0 aliphatic carbocycles. The first-order valence-electron chi connectivity index (χ1n) is 49.3. The number of nitrogens with two attached hydrogens (primary N) is 3. The van der Waals surface area contributed by atoms with Gasteiger partial charge in [0, 0.05) is 149 Å². The molecule has 0 saturated carbocycles. The summed E-state index contributed by atoms with van der Waals surface area (Å²) in [6, 6.07) is 2.47. The van der Waals surface area contributed by atoms with Gasteiger partial charge < -0.3 is 112 Å². The van der Waals surface area contributed by atoms with Crippen molar-refractivity contribution in [1.29, 1.82) is 0 Å². The highest BCUT2D eigenvalue weighted by molar-refractivity contribution is 8.01. The predicted octanol–water partition coefficient (Wildman–Crippen LogP) is 3.49. The number of fused-ring (bicyclic) bond motifs is 4. The maximum Gasteiger partial charge on any atom is 0.414 e. The van der Waals surface area contributed by atoms with Gasteiger partial charge in [0.1, 0.15) is 28.9 Å². The van der Waals surface area contributed by atoms with E-state index in [4.69, 9.17) is 74.3 Å². The normalized spacial score (nSPS) is 21.9. The van der Waals surface area contributed by atoms with E-state index in [2.05, 4.69) is 73.5 Å². The summed E-state index contributed by atoms with van der Waals surface area (Å²) in [6.07, 6.45) is 22.9. The van der Waals surface area contributed by atoms with E-state index in [1.807, 2.05) is 93.5 Å². The Morgan fingerprint density at radius 2 is 0.731 bits per heavy atom. The van der Waals surface area contributed by atoms with Crippen LogP contribution >= 0.6 is 47.0 Å². The van der Waals surface area contributed by atoms with Gasteiger partial charge in [-0.2, -0.15) is 47.0 Å². The highest BCUT2D eigenvalue weighted by atomic mass is 32.2. The summed E-state index contributed by atoms with van der Waals surface area (Å²) in [4.78, 5) is 109. The number of aliphatic imine (C=N–C) groups is 3. The van der Waals surface area contributed by atoms with Gasteiger partial charge >= 0.3 is 24.2 Å². The fourth-order valence-corrected chi connectivity index (χ4v) is 22.2. The van der Waals surface area contributed by atoms with Crippen molar-refractivity contribution in [3.8, 4) is 0 Å². The standard InChI is InChI=1S/C53H96N10O12S2.C38H72N10O6S2.H2O/c1-51(2,3)73-48(66)56-24-30-71-32-33-72-31-25-63(34-42(64)54-22-14-18-28-69-26-16-10-12-20-40-44-38(36-76-40)57-46(59-44)61-49(67)74-52(4,5)6)35-43(65)55-23-15-19-29-70-27-17-11-13-21-41-45-39(37-77-41)58-47(60-45)62-50(68)75-53(7,8)9;39-13-21-53-23-24-54-22-16-48(25-33(49)42-14-5-9-19-51-17-7-1-3-11-31-35-29(27-55-31)44-37(40)46-35)26-34(50)43-15-6-10-20-52-18-8-2-4-12-32-36-30(28-56-32)45-38(41)47-36;/h38-41,44-45H,10-37H2,1-9H3,(H,54,64)(H,55,65)(H,56,66)(H2,57,59,61,67)(H2,58,60,62,68);29-32,35-36H,1-28,39H2,(H,42,49)(H,43,50)(H3,40,44,46)(H3,41,45,47);1H2/p+1/t38-,39-,40-,41-,44-,45-;29-,30-,31-,32-,35-,36-;/m00./s1. The van der Waals surface area contributed by atoms with Crippen molar-refractivity contribution >= 4 is 113 Å². The molecule has 8 rings (SSSR count). The second-order valence-corrected chi connectivity index (χ2v) is 43.0. The van der Waals surface area contributed by atoms with E-state index in [0.717, 1.165) is 164 Å². The Morgan fingerprint density at radius 1 is 0.373 bits per heavy atom. The minimum absolute atomic E-state index is 0. The molecule has 8 heterocycles.